The van der Waals surface area contributed by atoms with E-state index in [0.29, 0.717) is 5.92 Å². The predicted octanol–water partition coefficient (Wildman–Crippen LogP) is 2.05. The van der Waals surface area contributed by atoms with Gasteiger partial charge in [-0.25, -0.2) is 4.98 Å². The van der Waals surface area contributed by atoms with Crippen LogP contribution in [0.2, 0.25) is 0 Å². The lowest BCUT2D eigenvalue weighted by Crippen LogP contribution is -2.36. The van der Waals surface area contributed by atoms with Gasteiger partial charge in [0.05, 0.1) is 6.54 Å². The van der Waals surface area contributed by atoms with Crippen molar-refractivity contribution in [2.75, 3.05) is 13.1 Å². The molecule has 2 aromatic rings. The molecule has 1 aliphatic heterocycles. The first-order valence-corrected chi connectivity index (χ1v) is 7.76. The summed E-state index contributed by atoms with van der Waals surface area (Å²) in [5.41, 5.74) is 0. The van der Waals surface area contributed by atoms with Crippen LogP contribution < -0.4 is 0 Å². The van der Waals surface area contributed by atoms with Crippen LogP contribution in [0.4, 0.5) is 0 Å². The van der Waals surface area contributed by atoms with Crippen molar-refractivity contribution in [2.24, 2.45) is 5.92 Å². The van der Waals surface area contributed by atoms with Crippen molar-refractivity contribution in [3.63, 3.8) is 0 Å². The fourth-order valence-electron chi connectivity index (χ4n) is 3.01. The van der Waals surface area contributed by atoms with E-state index in [1.54, 1.807) is 0 Å². The summed E-state index contributed by atoms with van der Waals surface area (Å²) in [6.07, 6.45) is 7.28. The van der Waals surface area contributed by atoms with E-state index in [1.165, 1.54) is 12.8 Å². The van der Waals surface area contributed by atoms with Crippen LogP contribution in [0.15, 0.2) is 16.9 Å². The largest absolute Gasteiger partial charge is 0.338 e. The number of aromatic nitrogens is 4. The first-order chi connectivity index (χ1) is 10.2. The molecule has 6 nitrogen and oxygen atoms in total. The molecule has 114 valence electrons. The maximum Gasteiger partial charge on any atom is 0.240 e. The molecule has 1 atom stereocenters. The molecule has 3 rings (SSSR count). The SMILES string of the molecule is CCc1noc(CN2CCCC(Cn3ccnc3C)C2)n1. The number of hydrogen-bond acceptors (Lipinski definition) is 5. The van der Waals surface area contributed by atoms with Crippen LogP contribution in [-0.2, 0) is 19.5 Å². The monoisotopic (exact) mass is 289 g/mol. The first-order valence-electron chi connectivity index (χ1n) is 7.76. The average molecular weight is 289 g/mol. The molecule has 3 heterocycles. The van der Waals surface area contributed by atoms with Crippen LogP contribution in [0.25, 0.3) is 0 Å². The molecule has 2 aromatic heterocycles. The molecule has 1 aliphatic rings. The summed E-state index contributed by atoms with van der Waals surface area (Å²) in [5.74, 6) is 3.30. The van der Waals surface area contributed by atoms with Gasteiger partial charge in [0, 0.05) is 31.9 Å². The number of nitrogens with zero attached hydrogens (tertiary/aromatic N) is 5. The van der Waals surface area contributed by atoms with Gasteiger partial charge in [0.15, 0.2) is 5.82 Å². The summed E-state index contributed by atoms with van der Waals surface area (Å²) < 4.78 is 7.55. The summed E-state index contributed by atoms with van der Waals surface area (Å²) >= 11 is 0. The van der Waals surface area contributed by atoms with E-state index in [9.17, 15) is 0 Å². The average Bonchev–Trinajstić information content (AvgIpc) is 3.09. The van der Waals surface area contributed by atoms with Crippen LogP contribution in [0, 0.1) is 12.8 Å². The van der Waals surface area contributed by atoms with Crippen LogP contribution in [0.3, 0.4) is 0 Å². The second kappa shape index (κ2) is 6.39. The highest BCUT2D eigenvalue weighted by Crippen LogP contribution is 2.20. The second-order valence-corrected chi connectivity index (χ2v) is 5.83. The van der Waals surface area contributed by atoms with E-state index in [1.807, 2.05) is 13.1 Å². The predicted molar refractivity (Wildman–Crippen MR) is 78.6 cm³/mol. The number of rotatable bonds is 5. The van der Waals surface area contributed by atoms with Crippen LogP contribution in [0.1, 0.15) is 37.3 Å². The number of likely N-dealkylation sites (tertiary alicyclic amines) is 1. The molecule has 6 heteroatoms. The van der Waals surface area contributed by atoms with Crippen molar-refractivity contribution >= 4 is 0 Å². The summed E-state index contributed by atoms with van der Waals surface area (Å²) in [6, 6.07) is 0. The molecule has 0 aromatic carbocycles. The van der Waals surface area contributed by atoms with Crippen molar-refractivity contribution in [2.45, 2.75) is 46.2 Å². The van der Waals surface area contributed by atoms with Crippen molar-refractivity contribution in [1.29, 1.82) is 0 Å². The van der Waals surface area contributed by atoms with E-state index in [-0.39, 0.29) is 0 Å². The Hall–Kier alpha value is -1.69. The van der Waals surface area contributed by atoms with Gasteiger partial charge < -0.3 is 9.09 Å². The topological polar surface area (TPSA) is 60.0 Å². The third-order valence-electron chi connectivity index (χ3n) is 4.17. The van der Waals surface area contributed by atoms with Crippen LogP contribution in [-0.4, -0.2) is 37.7 Å². The van der Waals surface area contributed by atoms with Gasteiger partial charge in [0.25, 0.3) is 0 Å². The van der Waals surface area contributed by atoms with E-state index in [0.717, 1.165) is 50.1 Å². The molecule has 1 fully saturated rings. The maximum absolute atomic E-state index is 5.30. The fourth-order valence-corrected chi connectivity index (χ4v) is 3.01. The lowest BCUT2D eigenvalue weighted by molar-refractivity contribution is 0.140. The molecule has 21 heavy (non-hydrogen) atoms. The number of hydrogen-bond donors (Lipinski definition) is 0. The van der Waals surface area contributed by atoms with E-state index >= 15 is 0 Å². The van der Waals surface area contributed by atoms with E-state index in [2.05, 4.69) is 37.7 Å². The van der Waals surface area contributed by atoms with Gasteiger partial charge >= 0.3 is 0 Å². The van der Waals surface area contributed by atoms with E-state index in [4.69, 9.17) is 4.52 Å². The Balaban J connectivity index is 1.56. The number of imidazole rings is 1. The normalized spacial score (nSPS) is 20.0. The van der Waals surface area contributed by atoms with Gasteiger partial charge in [-0.3, -0.25) is 4.90 Å². The lowest BCUT2D eigenvalue weighted by Gasteiger charge is -2.32. The smallest absolute Gasteiger partial charge is 0.240 e. The van der Waals surface area contributed by atoms with Crippen molar-refractivity contribution in [3.05, 3.63) is 29.9 Å². The molecule has 0 saturated carbocycles. The van der Waals surface area contributed by atoms with Crippen LogP contribution >= 0.6 is 0 Å². The zero-order chi connectivity index (χ0) is 14.7. The van der Waals surface area contributed by atoms with Gasteiger partial charge in [0.2, 0.25) is 5.89 Å². The highest BCUT2D eigenvalue weighted by molar-refractivity contribution is 4.90. The molecule has 0 radical (unpaired) electrons. The maximum atomic E-state index is 5.30. The molecule has 1 saturated heterocycles. The number of piperidine rings is 1. The standard InChI is InChI=1S/C15H23N5O/c1-3-14-17-15(21-18-14)11-19-7-4-5-13(9-19)10-20-8-6-16-12(20)2/h6,8,13H,3-5,7,9-11H2,1-2H3. The van der Waals surface area contributed by atoms with Crippen molar-refractivity contribution < 1.29 is 4.52 Å². The minimum atomic E-state index is 0.667. The third-order valence-corrected chi connectivity index (χ3v) is 4.17. The summed E-state index contributed by atoms with van der Waals surface area (Å²) in [7, 11) is 0. The third kappa shape index (κ3) is 3.50. The highest BCUT2D eigenvalue weighted by atomic mass is 16.5. The zero-order valence-corrected chi connectivity index (χ0v) is 12.8. The van der Waals surface area contributed by atoms with Crippen molar-refractivity contribution in [1.82, 2.24) is 24.6 Å². The Morgan fingerprint density at radius 1 is 1.43 bits per heavy atom. The van der Waals surface area contributed by atoms with Crippen LogP contribution in [0.5, 0.6) is 0 Å². The Labute approximate surface area is 125 Å². The minimum Gasteiger partial charge on any atom is -0.338 e. The van der Waals surface area contributed by atoms with Gasteiger partial charge in [0.1, 0.15) is 5.82 Å². The summed E-state index contributed by atoms with van der Waals surface area (Å²) in [4.78, 5) is 11.1. The molecule has 0 amide bonds. The Kier molecular flexibility index (Phi) is 4.34. The molecule has 0 bridgehead atoms. The zero-order valence-electron chi connectivity index (χ0n) is 12.8. The Morgan fingerprint density at radius 2 is 2.33 bits per heavy atom. The second-order valence-electron chi connectivity index (χ2n) is 5.83. The summed E-state index contributed by atoms with van der Waals surface area (Å²) in [5, 5.41) is 3.97. The lowest BCUT2D eigenvalue weighted by atomic mass is 9.98. The quantitative estimate of drug-likeness (QED) is 0.843. The highest BCUT2D eigenvalue weighted by Gasteiger charge is 2.22. The molecule has 0 N–H and O–H groups in total. The molecular weight excluding hydrogens is 266 g/mol. The number of aryl methyl sites for hydroxylation is 2. The van der Waals surface area contributed by atoms with Gasteiger partial charge in [-0.1, -0.05) is 12.1 Å². The minimum absolute atomic E-state index is 0.667. The Bertz CT molecular complexity index is 576. The summed E-state index contributed by atoms with van der Waals surface area (Å²) in [6.45, 7) is 8.12. The van der Waals surface area contributed by atoms with Gasteiger partial charge in [-0.05, 0) is 32.2 Å². The Morgan fingerprint density at radius 3 is 3.05 bits per heavy atom. The molecule has 1 unspecified atom stereocenters. The first kappa shape index (κ1) is 14.3. The fraction of sp³-hybridized carbons (Fsp3) is 0.667. The molecule has 0 aliphatic carbocycles. The molecular formula is C15H23N5O. The van der Waals surface area contributed by atoms with E-state index < -0.39 is 0 Å². The molecule has 0 spiro atoms. The van der Waals surface area contributed by atoms with Gasteiger partial charge in [-0.2, -0.15) is 4.98 Å². The van der Waals surface area contributed by atoms with Gasteiger partial charge in [-0.15, -0.1) is 0 Å². The van der Waals surface area contributed by atoms with Crippen molar-refractivity contribution in [3.8, 4) is 0 Å².